The van der Waals surface area contributed by atoms with E-state index in [0.29, 0.717) is 21.5 Å². The van der Waals surface area contributed by atoms with Crippen LogP contribution < -0.4 is 4.74 Å². The van der Waals surface area contributed by atoms with Gasteiger partial charge in [-0.25, -0.2) is 13.4 Å². The SMILES string of the molecule is CC(c1ccc(S(C)(=O)=O)cc1)N(C)C(=O)c1csc(COc2ccc(Cl)cc2)n1. The Morgan fingerprint density at radius 2 is 1.80 bits per heavy atom. The number of nitrogens with zero attached hydrogens (tertiary/aromatic N) is 2. The van der Waals surface area contributed by atoms with Crippen molar-refractivity contribution < 1.29 is 17.9 Å². The van der Waals surface area contributed by atoms with E-state index >= 15 is 0 Å². The molecule has 0 radical (unpaired) electrons. The van der Waals surface area contributed by atoms with Gasteiger partial charge < -0.3 is 9.64 Å². The van der Waals surface area contributed by atoms with Gasteiger partial charge in [-0.05, 0) is 48.9 Å². The lowest BCUT2D eigenvalue weighted by Gasteiger charge is -2.24. The van der Waals surface area contributed by atoms with Gasteiger partial charge in [0.05, 0.1) is 10.9 Å². The molecule has 0 fully saturated rings. The second-order valence-electron chi connectivity index (χ2n) is 6.80. The second kappa shape index (κ2) is 9.16. The molecule has 3 aromatic rings. The molecule has 1 heterocycles. The number of halogens is 1. The molecule has 6 nitrogen and oxygen atoms in total. The zero-order chi connectivity index (χ0) is 21.9. The highest BCUT2D eigenvalue weighted by Crippen LogP contribution is 2.24. The maximum Gasteiger partial charge on any atom is 0.273 e. The van der Waals surface area contributed by atoms with E-state index in [0.717, 1.165) is 11.8 Å². The van der Waals surface area contributed by atoms with Gasteiger partial charge in [-0.1, -0.05) is 23.7 Å². The van der Waals surface area contributed by atoms with Gasteiger partial charge in [0.15, 0.2) is 9.84 Å². The number of sulfone groups is 1. The quantitative estimate of drug-likeness (QED) is 0.510. The standard InChI is InChI=1S/C21H21ClN2O4S2/c1-14(15-4-10-18(11-5-15)30(3,26)27)24(2)21(25)19-13-29-20(23-19)12-28-17-8-6-16(22)7-9-17/h4-11,13-14H,12H2,1-3H3. The molecule has 2 aromatic carbocycles. The van der Waals surface area contributed by atoms with Crippen LogP contribution in [0, 0.1) is 0 Å². The van der Waals surface area contributed by atoms with Crippen molar-refractivity contribution in [3.63, 3.8) is 0 Å². The summed E-state index contributed by atoms with van der Waals surface area (Å²) >= 11 is 7.21. The first kappa shape index (κ1) is 22.3. The van der Waals surface area contributed by atoms with Crippen LogP contribution in [0.3, 0.4) is 0 Å². The van der Waals surface area contributed by atoms with Crippen molar-refractivity contribution in [2.45, 2.75) is 24.5 Å². The van der Waals surface area contributed by atoms with E-state index in [1.807, 2.05) is 6.92 Å². The molecule has 0 saturated heterocycles. The summed E-state index contributed by atoms with van der Waals surface area (Å²) in [7, 11) is -1.56. The number of hydrogen-bond acceptors (Lipinski definition) is 6. The number of carbonyl (C=O) groups is 1. The minimum atomic E-state index is -3.26. The summed E-state index contributed by atoms with van der Waals surface area (Å²) in [6.45, 7) is 2.13. The Balaban J connectivity index is 1.64. The van der Waals surface area contributed by atoms with Crippen LogP contribution in [0.15, 0.2) is 58.8 Å². The van der Waals surface area contributed by atoms with Crippen molar-refractivity contribution in [1.82, 2.24) is 9.88 Å². The molecule has 9 heteroatoms. The molecular weight excluding hydrogens is 444 g/mol. The first-order chi connectivity index (χ1) is 14.1. The van der Waals surface area contributed by atoms with Crippen LogP contribution in [0.2, 0.25) is 5.02 Å². The van der Waals surface area contributed by atoms with Crippen LogP contribution in [0.5, 0.6) is 5.75 Å². The average molecular weight is 465 g/mol. The van der Waals surface area contributed by atoms with Crippen molar-refractivity contribution in [2.24, 2.45) is 0 Å². The molecule has 0 bridgehead atoms. The first-order valence-corrected chi connectivity index (χ1v) is 12.2. The topological polar surface area (TPSA) is 76.6 Å². The lowest BCUT2D eigenvalue weighted by Crippen LogP contribution is -2.30. The van der Waals surface area contributed by atoms with E-state index in [2.05, 4.69) is 4.98 Å². The summed E-state index contributed by atoms with van der Waals surface area (Å²) in [5.41, 5.74) is 1.18. The summed E-state index contributed by atoms with van der Waals surface area (Å²) in [6.07, 6.45) is 1.16. The Kier molecular flexibility index (Phi) is 6.80. The smallest absolute Gasteiger partial charge is 0.273 e. The van der Waals surface area contributed by atoms with Gasteiger partial charge in [0.1, 0.15) is 23.1 Å². The highest BCUT2D eigenvalue weighted by molar-refractivity contribution is 7.90. The number of ether oxygens (including phenoxy) is 1. The Hall–Kier alpha value is -2.42. The van der Waals surface area contributed by atoms with Crippen LogP contribution in [0.25, 0.3) is 0 Å². The Morgan fingerprint density at radius 1 is 1.17 bits per heavy atom. The largest absolute Gasteiger partial charge is 0.486 e. The highest BCUT2D eigenvalue weighted by Gasteiger charge is 2.22. The fourth-order valence-corrected chi connectivity index (χ4v) is 4.16. The number of aromatic nitrogens is 1. The molecule has 0 saturated carbocycles. The normalized spacial score (nSPS) is 12.4. The number of rotatable bonds is 7. The second-order valence-corrected chi connectivity index (χ2v) is 10.2. The van der Waals surface area contributed by atoms with Crippen molar-refractivity contribution in [3.05, 3.63) is 75.2 Å². The molecule has 0 aliphatic heterocycles. The third-order valence-electron chi connectivity index (χ3n) is 4.64. The lowest BCUT2D eigenvalue weighted by atomic mass is 10.1. The minimum Gasteiger partial charge on any atom is -0.486 e. The van der Waals surface area contributed by atoms with Gasteiger partial charge in [-0.3, -0.25) is 4.79 Å². The van der Waals surface area contributed by atoms with Crippen LogP contribution in [-0.4, -0.2) is 37.5 Å². The van der Waals surface area contributed by atoms with Gasteiger partial charge >= 0.3 is 0 Å². The molecular formula is C21H21ClN2O4S2. The molecule has 0 aliphatic carbocycles. The maximum absolute atomic E-state index is 12.8. The van der Waals surface area contributed by atoms with Gasteiger partial charge in [0.2, 0.25) is 0 Å². The molecule has 1 unspecified atom stereocenters. The number of hydrogen-bond donors (Lipinski definition) is 0. The van der Waals surface area contributed by atoms with Gasteiger partial charge in [0, 0.05) is 23.7 Å². The van der Waals surface area contributed by atoms with Crippen LogP contribution in [0.4, 0.5) is 0 Å². The third kappa shape index (κ3) is 5.38. The van der Waals surface area contributed by atoms with E-state index in [4.69, 9.17) is 16.3 Å². The van der Waals surface area contributed by atoms with Gasteiger partial charge in [-0.15, -0.1) is 11.3 Å². The minimum absolute atomic E-state index is 0.219. The lowest BCUT2D eigenvalue weighted by molar-refractivity contribution is 0.0737. The summed E-state index contributed by atoms with van der Waals surface area (Å²) < 4.78 is 28.9. The van der Waals surface area contributed by atoms with E-state index in [-0.39, 0.29) is 23.5 Å². The molecule has 1 amide bonds. The van der Waals surface area contributed by atoms with E-state index < -0.39 is 9.84 Å². The van der Waals surface area contributed by atoms with Crippen molar-refractivity contribution in [2.75, 3.05) is 13.3 Å². The number of amides is 1. The Morgan fingerprint density at radius 3 is 2.40 bits per heavy atom. The number of thiazole rings is 1. The van der Waals surface area contributed by atoms with E-state index in [9.17, 15) is 13.2 Å². The molecule has 1 atom stereocenters. The highest BCUT2D eigenvalue weighted by atomic mass is 35.5. The number of carbonyl (C=O) groups excluding carboxylic acids is 1. The molecule has 1 aromatic heterocycles. The van der Waals surface area contributed by atoms with Gasteiger partial charge in [-0.2, -0.15) is 0 Å². The molecule has 0 N–H and O–H groups in total. The fraction of sp³-hybridized carbons (Fsp3) is 0.238. The Labute approximate surface area is 185 Å². The predicted octanol–water partition coefficient (Wildman–Crippen LogP) is 4.61. The summed E-state index contributed by atoms with van der Waals surface area (Å²) in [6, 6.07) is 13.3. The monoisotopic (exact) mass is 464 g/mol. The average Bonchev–Trinajstić information content (AvgIpc) is 3.20. The molecule has 30 heavy (non-hydrogen) atoms. The summed E-state index contributed by atoms with van der Waals surface area (Å²) in [5.74, 6) is 0.453. The van der Waals surface area contributed by atoms with Crippen molar-refractivity contribution >= 4 is 38.7 Å². The van der Waals surface area contributed by atoms with Crippen LogP contribution in [-0.2, 0) is 16.4 Å². The number of benzene rings is 2. The van der Waals surface area contributed by atoms with Crippen LogP contribution in [0.1, 0.15) is 34.0 Å². The Bertz CT molecular complexity index is 1130. The summed E-state index contributed by atoms with van der Waals surface area (Å²) in [5, 5.41) is 3.03. The maximum atomic E-state index is 12.8. The first-order valence-electron chi connectivity index (χ1n) is 9.05. The predicted molar refractivity (Wildman–Crippen MR) is 118 cm³/mol. The zero-order valence-electron chi connectivity index (χ0n) is 16.7. The van der Waals surface area contributed by atoms with Gasteiger partial charge in [0.25, 0.3) is 5.91 Å². The summed E-state index contributed by atoms with van der Waals surface area (Å²) in [4.78, 5) is 19.0. The molecule has 3 rings (SSSR count). The molecule has 0 spiro atoms. The van der Waals surface area contributed by atoms with Crippen molar-refractivity contribution in [3.8, 4) is 5.75 Å². The fourth-order valence-electron chi connectivity index (χ4n) is 2.73. The molecule has 158 valence electrons. The molecule has 0 aliphatic rings. The van der Waals surface area contributed by atoms with E-state index in [1.54, 1.807) is 65.9 Å². The van der Waals surface area contributed by atoms with Crippen LogP contribution >= 0.6 is 22.9 Å². The van der Waals surface area contributed by atoms with E-state index in [1.165, 1.54) is 11.3 Å². The van der Waals surface area contributed by atoms with Crippen molar-refractivity contribution in [1.29, 1.82) is 0 Å². The zero-order valence-corrected chi connectivity index (χ0v) is 19.1. The third-order valence-corrected chi connectivity index (χ3v) is 6.84.